The molecule has 26 heavy (non-hydrogen) atoms. The number of carboxylic acids is 1. The monoisotopic (exact) mass is 357 g/mol. The molecule has 8 nitrogen and oxygen atoms in total. The van der Waals surface area contributed by atoms with E-state index in [0.717, 1.165) is 16.6 Å². The standard InChI is InChI=1S/C18H19N3O5/c1-10-12(8-17(22)23)13-7-11(24-2)5-6-14(13)21(10)15-9-16(25-3)20-18(19-15)26-4/h5-7,9H,8H2,1-4H3,(H,22,23). The Morgan fingerprint density at radius 1 is 1.12 bits per heavy atom. The van der Waals surface area contributed by atoms with Gasteiger partial charge in [-0.3, -0.25) is 9.36 Å². The van der Waals surface area contributed by atoms with Crippen molar-refractivity contribution < 1.29 is 24.1 Å². The molecule has 3 rings (SSSR count). The number of hydrogen-bond acceptors (Lipinski definition) is 6. The molecule has 0 saturated carbocycles. The third-order valence-electron chi connectivity index (χ3n) is 4.16. The van der Waals surface area contributed by atoms with E-state index in [4.69, 9.17) is 14.2 Å². The van der Waals surface area contributed by atoms with Crippen LogP contribution in [0.25, 0.3) is 16.7 Å². The van der Waals surface area contributed by atoms with Gasteiger partial charge in [-0.05, 0) is 30.7 Å². The molecule has 0 aliphatic carbocycles. The summed E-state index contributed by atoms with van der Waals surface area (Å²) in [7, 11) is 4.55. The molecule has 8 heteroatoms. The van der Waals surface area contributed by atoms with Crippen molar-refractivity contribution in [2.45, 2.75) is 13.3 Å². The maximum Gasteiger partial charge on any atom is 0.321 e. The number of carboxylic acid groups (broad SMARTS) is 1. The summed E-state index contributed by atoms with van der Waals surface area (Å²) in [6.45, 7) is 1.85. The van der Waals surface area contributed by atoms with Crippen LogP contribution < -0.4 is 14.2 Å². The topological polar surface area (TPSA) is 95.7 Å². The fourth-order valence-electron chi connectivity index (χ4n) is 2.96. The fourth-order valence-corrected chi connectivity index (χ4v) is 2.96. The zero-order chi connectivity index (χ0) is 18.8. The fraction of sp³-hybridized carbons (Fsp3) is 0.278. The van der Waals surface area contributed by atoms with Crippen LogP contribution in [0, 0.1) is 6.92 Å². The Balaban J connectivity index is 2.32. The number of aliphatic carboxylic acids is 1. The van der Waals surface area contributed by atoms with Crippen LogP contribution in [-0.2, 0) is 11.2 Å². The van der Waals surface area contributed by atoms with E-state index in [9.17, 15) is 9.90 Å². The summed E-state index contributed by atoms with van der Waals surface area (Å²) in [6, 6.07) is 7.34. The number of fused-ring (bicyclic) bond motifs is 1. The zero-order valence-corrected chi connectivity index (χ0v) is 14.9. The first-order valence-corrected chi connectivity index (χ1v) is 7.85. The molecule has 2 heterocycles. The maximum absolute atomic E-state index is 11.4. The van der Waals surface area contributed by atoms with E-state index in [1.54, 1.807) is 13.2 Å². The highest BCUT2D eigenvalue weighted by Crippen LogP contribution is 2.32. The zero-order valence-electron chi connectivity index (χ0n) is 14.9. The van der Waals surface area contributed by atoms with E-state index < -0.39 is 5.97 Å². The van der Waals surface area contributed by atoms with E-state index in [0.29, 0.717) is 23.0 Å². The van der Waals surface area contributed by atoms with E-state index >= 15 is 0 Å². The lowest BCUT2D eigenvalue weighted by atomic mass is 10.1. The summed E-state index contributed by atoms with van der Waals surface area (Å²) in [6.07, 6.45) is -0.109. The Morgan fingerprint density at radius 3 is 2.50 bits per heavy atom. The predicted octanol–water partition coefficient (Wildman–Crippen LogP) is 2.38. The predicted molar refractivity (Wildman–Crippen MR) is 94.6 cm³/mol. The van der Waals surface area contributed by atoms with Gasteiger partial charge in [0.1, 0.15) is 11.6 Å². The molecule has 0 radical (unpaired) electrons. The molecule has 136 valence electrons. The second kappa shape index (κ2) is 6.91. The van der Waals surface area contributed by atoms with Crippen LogP contribution in [0.15, 0.2) is 24.3 Å². The van der Waals surface area contributed by atoms with Crippen molar-refractivity contribution >= 4 is 16.9 Å². The SMILES string of the molecule is COc1ccc2c(c1)c(CC(=O)O)c(C)n2-c1cc(OC)nc(OC)n1. The van der Waals surface area contributed by atoms with Gasteiger partial charge in [-0.15, -0.1) is 0 Å². The first-order valence-electron chi connectivity index (χ1n) is 7.85. The molecule has 1 N–H and O–H groups in total. The van der Waals surface area contributed by atoms with E-state index in [1.807, 2.05) is 29.7 Å². The largest absolute Gasteiger partial charge is 0.497 e. The third-order valence-corrected chi connectivity index (χ3v) is 4.16. The van der Waals surface area contributed by atoms with Gasteiger partial charge < -0.3 is 19.3 Å². The quantitative estimate of drug-likeness (QED) is 0.723. The molecule has 0 bridgehead atoms. The smallest absolute Gasteiger partial charge is 0.321 e. The van der Waals surface area contributed by atoms with Crippen LogP contribution in [0.4, 0.5) is 0 Å². The second-order valence-electron chi connectivity index (χ2n) is 5.61. The van der Waals surface area contributed by atoms with Gasteiger partial charge in [-0.25, -0.2) is 0 Å². The number of aromatic nitrogens is 3. The summed E-state index contributed by atoms with van der Waals surface area (Å²) < 4.78 is 17.5. The van der Waals surface area contributed by atoms with Gasteiger partial charge in [-0.1, -0.05) is 0 Å². The van der Waals surface area contributed by atoms with Crippen LogP contribution in [-0.4, -0.2) is 46.9 Å². The molecule has 0 aliphatic rings. The summed E-state index contributed by atoms with van der Waals surface area (Å²) >= 11 is 0. The third kappa shape index (κ3) is 3.01. The summed E-state index contributed by atoms with van der Waals surface area (Å²) in [5.74, 6) is 0.617. The van der Waals surface area contributed by atoms with Gasteiger partial charge in [0.15, 0.2) is 0 Å². The molecule has 3 aromatic rings. The summed E-state index contributed by atoms with van der Waals surface area (Å²) in [5, 5.41) is 10.1. The van der Waals surface area contributed by atoms with Crippen molar-refractivity contribution in [3.63, 3.8) is 0 Å². The Morgan fingerprint density at radius 2 is 1.88 bits per heavy atom. The van der Waals surface area contributed by atoms with Crippen molar-refractivity contribution in [3.8, 4) is 23.5 Å². The first-order chi connectivity index (χ1) is 12.5. The lowest BCUT2D eigenvalue weighted by Gasteiger charge is -2.10. The lowest BCUT2D eigenvalue weighted by molar-refractivity contribution is -0.136. The van der Waals surface area contributed by atoms with Crippen molar-refractivity contribution in [2.75, 3.05) is 21.3 Å². The van der Waals surface area contributed by atoms with Crippen molar-refractivity contribution in [1.29, 1.82) is 0 Å². The molecular weight excluding hydrogens is 338 g/mol. The van der Waals surface area contributed by atoms with Gasteiger partial charge in [0.2, 0.25) is 5.88 Å². The Labute approximate surface area is 150 Å². The molecule has 0 saturated heterocycles. The molecule has 0 amide bonds. The van der Waals surface area contributed by atoms with Gasteiger partial charge in [0, 0.05) is 17.1 Å². The highest BCUT2D eigenvalue weighted by atomic mass is 16.5. The lowest BCUT2D eigenvalue weighted by Crippen LogP contribution is -2.06. The molecule has 0 spiro atoms. The Kier molecular flexibility index (Phi) is 4.66. The van der Waals surface area contributed by atoms with E-state index in [-0.39, 0.29) is 12.4 Å². The van der Waals surface area contributed by atoms with Crippen LogP contribution in [0.2, 0.25) is 0 Å². The van der Waals surface area contributed by atoms with Crippen LogP contribution in [0.1, 0.15) is 11.3 Å². The van der Waals surface area contributed by atoms with Crippen molar-refractivity contribution in [3.05, 3.63) is 35.5 Å². The molecule has 0 fully saturated rings. The van der Waals surface area contributed by atoms with Gasteiger partial charge in [0.25, 0.3) is 0 Å². The van der Waals surface area contributed by atoms with Crippen LogP contribution in [0.3, 0.4) is 0 Å². The normalized spacial score (nSPS) is 10.8. The maximum atomic E-state index is 11.4. The van der Waals surface area contributed by atoms with Gasteiger partial charge in [-0.2, -0.15) is 9.97 Å². The Hall–Kier alpha value is -3.29. The van der Waals surface area contributed by atoms with Crippen LogP contribution >= 0.6 is 0 Å². The number of methoxy groups -OCH3 is 3. The number of hydrogen-bond donors (Lipinski definition) is 1. The summed E-state index contributed by atoms with van der Waals surface area (Å²) in [4.78, 5) is 19.9. The highest BCUT2D eigenvalue weighted by Gasteiger charge is 2.20. The minimum Gasteiger partial charge on any atom is -0.497 e. The molecule has 0 atom stereocenters. The van der Waals surface area contributed by atoms with E-state index in [2.05, 4.69) is 9.97 Å². The molecule has 0 aliphatic heterocycles. The number of nitrogens with zero attached hydrogens (tertiary/aromatic N) is 3. The van der Waals surface area contributed by atoms with Crippen molar-refractivity contribution in [1.82, 2.24) is 14.5 Å². The van der Waals surface area contributed by atoms with Crippen LogP contribution in [0.5, 0.6) is 17.6 Å². The van der Waals surface area contributed by atoms with Crippen molar-refractivity contribution in [2.24, 2.45) is 0 Å². The molecular formula is C18H19N3O5. The summed E-state index contributed by atoms with van der Waals surface area (Å²) in [5.41, 5.74) is 2.27. The number of carbonyl (C=O) groups is 1. The first kappa shape index (κ1) is 17.5. The highest BCUT2D eigenvalue weighted by molar-refractivity contribution is 5.91. The minimum atomic E-state index is -0.909. The average molecular weight is 357 g/mol. The van der Waals surface area contributed by atoms with Gasteiger partial charge >= 0.3 is 12.0 Å². The number of ether oxygens (including phenoxy) is 3. The second-order valence-corrected chi connectivity index (χ2v) is 5.61. The van der Waals surface area contributed by atoms with E-state index in [1.165, 1.54) is 14.2 Å². The Bertz CT molecular complexity index is 958. The number of benzene rings is 1. The van der Waals surface area contributed by atoms with Gasteiger partial charge in [0.05, 0.1) is 33.3 Å². The number of rotatable bonds is 6. The minimum absolute atomic E-state index is 0.109. The molecule has 1 aromatic carbocycles. The molecule has 2 aromatic heterocycles. The average Bonchev–Trinajstić information content (AvgIpc) is 2.91. The molecule has 0 unspecified atom stereocenters.